The molecule has 0 unspecified atom stereocenters. The molecule has 6 aliphatic rings. The van der Waals surface area contributed by atoms with Crippen LogP contribution in [0.2, 0.25) is 0 Å². The first-order chi connectivity index (χ1) is 56.8. The number of ether oxygens (including phenoxy) is 3. The predicted molar refractivity (Wildman–Crippen MR) is 510 cm³/mol. The molecular weight excluding hydrogens is 1810 g/mol. The van der Waals surface area contributed by atoms with Gasteiger partial charge in [0.05, 0.1) is 5.76 Å². The Bertz CT molecular complexity index is 4470. The van der Waals surface area contributed by atoms with Gasteiger partial charge in [-0.3, -0.25) is 4.79 Å². The first-order valence-corrected chi connectivity index (χ1v) is 43.8. The molecule has 0 saturated carbocycles. The van der Waals surface area contributed by atoms with Crippen LogP contribution in [-0.4, -0.2) is 22.9 Å². The Morgan fingerprint density at radius 1 is 0.383 bits per heavy atom. The molecule has 0 atom stereocenters. The summed E-state index contributed by atoms with van der Waals surface area (Å²) in [5.74, 6) is 5.03. The molecular formula is C107H130BBrCl2O6Y3-6. The standard InChI is InChI=1S/C30H18O.C17H11ClO.C13H8O.C9H6BrCl.C8H7BO3.10C3H8.3Y/c1-2-11-21(12-3-1)31-29-19-25-22-13-5-4-10-20(22)18-28(25)30(29)26-16-8-6-14-23(26)24-15-7-9-17-27(24)30;18-17-12-13-6-4-5-9-15(13)16(17)10-11-19-14-7-2-1-3-8-14;14-13-11-7-3-1-5-9(11)10-6-2-4-8-12(10)13;10-9-7-4-2-1-3-6(7)5-8(9)11;10-9(11)6-7-12-8-4-2-1-3-5-8;10*1-3-2;;;/h1-11,13-17H,18H2;1-7,9,11H,12H2;1-8H;1-4H,5H2;1-4,7,10-11H;10*3H2,1-2H3;;;/q2*-2;;;-2;;;;;;;;;;;;;. The summed E-state index contributed by atoms with van der Waals surface area (Å²) in [7, 11) is -1.60. The number of halogens is 3. The molecule has 2 N–H and O–H groups in total. The van der Waals surface area contributed by atoms with Gasteiger partial charge in [-0.2, -0.15) is 77.3 Å². The van der Waals surface area contributed by atoms with Crippen LogP contribution in [0.4, 0.5) is 0 Å². The Morgan fingerprint density at radius 2 is 0.692 bits per heavy atom. The van der Waals surface area contributed by atoms with E-state index in [1.807, 2.05) is 115 Å². The van der Waals surface area contributed by atoms with Gasteiger partial charge >= 0.3 is 0 Å². The van der Waals surface area contributed by atoms with Crippen molar-refractivity contribution in [2.45, 2.75) is 227 Å². The van der Waals surface area contributed by atoms with Gasteiger partial charge < -0.3 is 30.2 Å². The molecule has 13 heteroatoms. The summed E-state index contributed by atoms with van der Waals surface area (Å²) >= 11 is 15.7. The van der Waals surface area contributed by atoms with Crippen LogP contribution in [0, 0.1) is 36.3 Å². The Labute approximate surface area is 821 Å². The molecule has 10 aromatic carbocycles. The van der Waals surface area contributed by atoms with Crippen LogP contribution >= 0.6 is 39.1 Å². The molecule has 0 bridgehead atoms. The Kier molecular flexibility index (Phi) is 68.1. The van der Waals surface area contributed by atoms with Gasteiger partial charge in [-0.05, 0) is 66.9 Å². The van der Waals surface area contributed by atoms with Crippen molar-refractivity contribution in [2.75, 3.05) is 0 Å². The molecule has 0 aliphatic heterocycles. The SMILES string of the molecule is CCC.CCC.CCC.CCC.CCC.CCC.CCC.CCC.CCC.CCC.ClC1=C(Br)c2ccccc2C1.ClC1=C([C-]=COc2[c-]cccc2)c2ccccc2C1.O=C1c2ccccc2-c2ccccc21.OB(O)[C-]=COc1[c-]cccc1.[C-]1=C(Oc2[c-]cccc2)C2(C3=C1c1ccccc1C3)c1ccccc1-c1ccccc12.[Y].[Y].[Y]. The first-order valence-electron chi connectivity index (χ1n) is 42.2. The Hall–Kier alpha value is -5.93. The number of rotatable bonds is 8. The summed E-state index contributed by atoms with van der Waals surface area (Å²) in [4.78, 5) is 11.9. The van der Waals surface area contributed by atoms with Crippen molar-refractivity contribution in [1.29, 1.82) is 0 Å². The van der Waals surface area contributed by atoms with E-state index >= 15 is 0 Å². The number of fused-ring (bicyclic) bond motifs is 13. The smallest absolute Gasteiger partial charge is 0.264 e. The number of carbonyl (C=O) groups excluding carboxylic acids is 1. The average Bonchev–Trinajstić information content (AvgIpc) is 1.51. The maximum absolute atomic E-state index is 11.9. The fraction of sp³-hybridized carbons (Fsp3) is 0.318. The van der Waals surface area contributed by atoms with E-state index in [0.29, 0.717) is 11.5 Å². The average molecular weight is 1940 g/mol. The Balaban J connectivity index is 0. The van der Waals surface area contributed by atoms with Gasteiger partial charge in [-0.1, -0.05) is 390 Å². The van der Waals surface area contributed by atoms with Crippen molar-refractivity contribution in [3.05, 3.63) is 369 Å². The third kappa shape index (κ3) is 37.9. The zero-order valence-corrected chi connectivity index (χ0v) is 87.0. The molecule has 633 valence electrons. The zero-order valence-electron chi connectivity index (χ0n) is 75.4. The van der Waals surface area contributed by atoms with Crippen molar-refractivity contribution in [3.8, 4) is 39.5 Å². The van der Waals surface area contributed by atoms with E-state index < -0.39 is 12.5 Å². The predicted octanol–water partition coefficient (Wildman–Crippen LogP) is 31.7. The second-order valence-corrected chi connectivity index (χ2v) is 29.3. The maximum Gasteiger partial charge on any atom is 0.264 e. The van der Waals surface area contributed by atoms with Gasteiger partial charge in [0.25, 0.3) is 7.12 Å². The van der Waals surface area contributed by atoms with Gasteiger partial charge in [-0.15, -0.1) is 88.5 Å². The third-order valence-electron chi connectivity index (χ3n) is 15.4. The molecule has 0 amide bonds. The number of hydrogen-bond acceptors (Lipinski definition) is 6. The maximum atomic E-state index is 11.9. The van der Waals surface area contributed by atoms with Crippen LogP contribution in [0.5, 0.6) is 17.2 Å². The second-order valence-electron chi connectivity index (χ2n) is 27.6. The molecule has 0 heterocycles. The van der Waals surface area contributed by atoms with Gasteiger partial charge in [0.15, 0.2) is 5.78 Å². The summed E-state index contributed by atoms with van der Waals surface area (Å²) in [5, 5.41) is 18.4. The van der Waals surface area contributed by atoms with Crippen molar-refractivity contribution < 1.29 is 127 Å². The van der Waals surface area contributed by atoms with Gasteiger partial charge in [0, 0.05) is 154 Å². The fourth-order valence-corrected chi connectivity index (χ4v) is 12.6. The molecule has 0 aromatic heterocycles. The Morgan fingerprint density at radius 3 is 1.07 bits per heavy atom. The van der Waals surface area contributed by atoms with Gasteiger partial charge in [0.2, 0.25) is 0 Å². The summed E-state index contributed by atoms with van der Waals surface area (Å²) in [5.41, 5.74) is 19.5. The van der Waals surface area contributed by atoms with Crippen molar-refractivity contribution >= 4 is 67.7 Å². The number of hydrogen-bond donors (Lipinski definition) is 2. The third-order valence-corrected chi connectivity index (χ3v) is 17.1. The molecule has 0 fully saturated rings. The van der Waals surface area contributed by atoms with Gasteiger partial charge in [0.1, 0.15) is 0 Å². The summed E-state index contributed by atoms with van der Waals surface area (Å²) < 4.78 is 18.0. The normalized spacial score (nSPS) is 11.9. The second kappa shape index (κ2) is 70.4. The largest absolute Gasteiger partial charge is 0.528 e. The van der Waals surface area contributed by atoms with E-state index in [9.17, 15) is 4.79 Å². The summed E-state index contributed by atoms with van der Waals surface area (Å²) in [6.45, 7) is 42.5. The minimum absolute atomic E-state index is 0. The summed E-state index contributed by atoms with van der Waals surface area (Å²) in [6, 6.07) is 89.3. The van der Waals surface area contributed by atoms with Crippen LogP contribution < -0.4 is 14.2 Å². The van der Waals surface area contributed by atoms with Crippen LogP contribution in [-0.2, 0) is 123 Å². The number of carbonyl (C=O) groups is 1. The van der Waals surface area contributed by atoms with E-state index in [2.05, 4.69) is 288 Å². The van der Waals surface area contributed by atoms with Crippen molar-refractivity contribution in [1.82, 2.24) is 0 Å². The molecule has 1 spiro atoms. The number of ketones is 1. The van der Waals surface area contributed by atoms with E-state index in [-0.39, 0.29) is 104 Å². The van der Waals surface area contributed by atoms with E-state index in [0.717, 1.165) is 85.0 Å². The molecule has 16 rings (SSSR count). The molecule has 6 nitrogen and oxygen atoms in total. The van der Waals surface area contributed by atoms with Crippen molar-refractivity contribution in [3.63, 3.8) is 0 Å². The van der Waals surface area contributed by atoms with Crippen molar-refractivity contribution in [2.24, 2.45) is 0 Å². The molecule has 3 radical (unpaired) electrons. The van der Waals surface area contributed by atoms with E-state index in [1.165, 1.54) is 132 Å². The monoisotopic (exact) mass is 1940 g/mol. The summed E-state index contributed by atoms with van der Waals surface area (Å²) in [6.07, 6.45) is 24.5. The minimum atomic E-state index is -1.60. The van der Waals surface area contributed by atoms with Crippen LogP contribution in [0.25, 0.3) is 37.9 Å². The topological polar surface area (TPSA) is 85.2 Å². The van der Waals surface area contributed by atoms with Crippen LogP contribution in [0.3, 0.4) is 0 Å². The van der Waals surface area contributed by atoms with Crippen LogP contribution in [0.15, 0.2) is 277 Å². The van der Waals surface area contributed by atoms with Gasteiger partial charge in [-0.25, -0.2) is 0 Å². The van der Waals surface area contributed by atoms with Crippen LogP contribution in [0.1, 0.15) is 263 Å². The zero-order chi connectivity index (χ0) is 86.8. The van der Waals surface area contributed by atoms with E-state index in [4.69, 9.17) is 47.5 Å². The number of para-hydroxylation sites is 3. The first kappa shape index (κ1) is 116. The number of benzene rings is 10. The molecule has 10 aromatic rings. The van der Waals surface area contributed by atoms with E-state index in [1.54, 1.807) is 30.3 Å². The molecule has 0 saturated heterocycles. The molecule has 6 aliphatic carbocycles. The minimum Gasteiger partial charge on any atom is -0.528 e. The fourth-order valence-electron chi connectivity index (χ4n) is 11.6. The number of allylic oxidation sites excluding steroid dienone is 7. The molecule has 120 heavy (non-hydrogen) atoms. The quantitative estimate of drug-likeness (QED) is 0.0896.